The molecule has 114 valence electrons. The normalized spacial score (nSPS) is 11.3. The first-order valence-corrected chi connectivity index (χ1v) is 7.01. The van der Waals surface area contributed by atoms with Gasteiger partial charge in [-0.2, -0.15) is 0 Å². The lowest BCUT2D eigenvalue weighted by atomic mass is 10.2. The number of anilines is 1. The molecule has 0 amide bonds. The molecule has 0 aliphatic heterocycles. The third kappa shape index (κ3) is 5.71. The van der Waals surface area contributed by atoms with Gasteiger partial charge in [0.05, 0.1) is 6.61 Å². The van der Waals surface area contributed by atoms with Gasteiger partial charge in [-0.25, -0.2) is 4.98 Å². The van der Waals surface area contributed by atoms with Gasteiger partial charge in [0, 0.05) is 45.7 Å². The van der Waals surface area contributed by atoms with Gasteiger partial charge in [-0.1, -0.05) is 13.8 Å². The molecule has 1 N–H and O–H groups in total. The SMILES string of the molecule is COCCN(C)CCNc1nccn(CC(C)C)c1=O. The molecule has 1 aromatic heterocycles. The van der Waals surface area contributed by atoms with Crippen molar-refractivity contribution in [2.24, 2.45) is 5.92 Å². The minimum atomic E-state index is -0.0549. The summed E-state index contributed by atoms with van der Waals surface area (Å²) in [7, 11) is 3.72. The highest BCUT2D eigenvalue weighted by Crippen LogP contribution is 1.98. The highest BCUT2D eigenvalue weighted by molar-refractivity contribution is 5.30. The van der Waals surface area contributed by atoms with Crippen LogP contribution in [-0.4, -0.2) is 54.8 Å². The molecule has 0 bridgehead atoms. The Balaban J connectivity index is 2.50. The number of nitrogens with zero attached hydrogens (tertiary/aromatic N) is 3. The molecule has 0 radical (unpaired) electrons. The molecule has 0 unspecified atom stereocenters. The summed E-state index contributed by atoms with van der Waals surface area (Å²) in [6.07, 6.45) is 3.40. The van der Waals surface area contributed by atoms with E-state index < -0.39 is 0 Å². The first kappa shape index (κ1) is 16.7. The molecular weight excluding hydrogens is 256 g/mol. The molecule has 0 aliphatic rings. The minimum absolute atomic E-state index is 0.0549. The second-order valence-corrected chi connectivity index (χ2v) is 5.35. The number of hydrogen-bond acceptors (Lipinski definition) is 5. The van der Waals surface area contributed by atoms with Crippen LogP contribution in [0.2, 0.25) is 0 Å². The lowest BCUT2D eigenvalue weighted by molar-refractivity contribution is 0.163. The van der Waals surface area contributed by atoms with Crippen molar-refractivity contribution in [1.29, 1.82) is 0 Å². The predicted octanol–water partition coefficient (Wildman–Crippen LogP) is 0.889. The third-order valence-electron chi connectivity index (χ3n) is 2.94. The maximum absolute atomic E-state index is 12.2. The van der Waals surface area contributed by atoms with Crippen molar-refractivity contribution < 1.29 is 4.74 Å². The summed E-state index contributed by atoms with van der Waals surface area (Å²) in [4.78, 5) is 18.4. The Morgan fingerprint density at radius 1 is 1.45 bits per heavy atom. The molecule has 1 rings (SSSR count). The van der Waals surface area contributed by atoms with Gasteiger partial charge >= 0.3 is 0 Å². The Labute approximate surface area is 120 Å². The predicted molar refractivity (Wildman–Crippen MR) is 81.2 cm³/mol. The van der Waals surface area contributed by atoms with Gasteiger partial charge in [0.2, 0.25) is 0 Å². The summed E-state index contributed by atoms with van der Waals surface area (Å²) in [6.45, 7) is 8.00. The van der Waals surface area contributed by atoms with Crippen LogP contribution in [-0.2, 0) is 11.3 Å². The third-order valence-corrected chi connectivity index (χ3v) is 2.94. The smallest absolute Gasteiger partial charge is 0.293 e. The number of methoxy groups -OCH3 is 1. The van der Waals surface area contributed by atoms with Crippen LogP contribution in [0.3, 0.4) is 0 Å². The maximum atomic E-state index is 12.2. The molecule has 0 fully saturated rings. The fourth-order valence-corrected chi connectivity index (χ4v) is 1.83. The molecule has 1 heterocycles. The largest absolute Gasteiger partial charge is 0.383 e. The zero-order valence-electron chi connectivity index (χ0n) is 12.9. The Morgan fingerprint density at radius 3 is 2.85 bits per heavy atom. The van der Waals surface area contributed by atoms with Crippen molar-refractivity contribution in [2.45, 2.75) is 20.4 Å². The van der Waals surface area contributed by atoms with Crippen LogP contribution < -0.4 is 10.9 Å². The zero-order valence-corrected chi connectivity index (χ0v) is 12.9. The number of hydrogen-bond donors (Lipinski definition) is 1. The van der Waals surface area contributed by atoms with E-state index in [1.165, 1.54) is 0 Å². The Kier molecular flexibility index (Phi) is 7.25. The van der Waals surface area contributed by atoms with Gasteiger partial charge in [-0.15, -0.1) is 0 Å². The monoisotopic (exact) mass is 282 g/mol. The van der Waals surface area contributed by atoms with E-state index in [0.717, 1.165) is 13.1 Å². The van der Waals surface area contributed by atoms with E-state index in [9.17, 15) is 4.79 Å². The first-order valence-electron chi connectivity index (χ1n) is 7.01. The van der Waals surface area contributed by atoms with Crippen molar-refractivity contribution in [2.75, 3.05) is 45.7 Å². The van der Waals surface area contributed by atoms with Gasteiger partial charge in [0.1, 0.15) is 0 Å². The molecule has 6 heteroatoms. The summed E-state index contributed by atoms with van der Waals surface area (Å²) in [5, 5.41) is 3.11. The van der Waals surface area contributed by atoms with Crippen LogP contribution in [0, 0.1) is 5.92 Å². The molecule has 0 aliphatic carbocycles. The highest BCUT2D eigenvalue weighted by atomic mass is 16.5. The van der Waals surface area contributed by atoms with Crippen molar-refractivity contribution in [3.05, 3.63) is 22.7 Å². The molecule has 1 aromatic rings. The second-order valence-electron chi connectivity index (χ2n) is 5.35. The van der Waals surface area contributed by atoms with Gasteiger partial charge < -0.3 is 19.5 Å². The summed E-state index contributed by atoms with van der Waals surface area (Å²) in [5.41, 5.74) is -0.0549. The first-order chi connectivity index (χ1) is 9.54. The Hall–Kier alpha value is -1.40. The topological polar surface area (TPSA) is 59.4 Å². The van der Waals surface area contributed by atoms with Crippen molar-refractivity contribution in [1.82, 2.24) is 14.5 Å². The van der Waals surface area contributed by atoms with E-state index in [1.807, 2.05) is 7.05 Å². The lowest BCUT2D eigenvalue weighted by Gasteiger charge is -2.16. The van der Waals surface area contributed by atoms with E-state index in [4.69, 9.17) is 4.74 Å². The fraction of sp³-hybridized carbons (Fsp3) is 0.714. The number of rotatable bonds is 9. The minimum Gasteiger partial charge on any atom is -0.383 e. The quantitative estimate of drug-likeness (QED) is 0.729. The van der Waals surface area contributed by atoms with Crippen LogP contribution in [0.5, 0.6) is 0 Å². The van der Waals surface area contributed by atoms with Crippen molar-refractivity contribution in [3.8, 4) is 0 Å². The van der Waals surface area contributed by atoms with E-state index >= 15 is 0 Å². The highest BCUT2D eigenvalue weighted by Gasteiger charge is 2.06. The van der Waals surface area contributed by atoms with Crippen LogP contribution in [0.25, 0.3) is 0 Å². The van der Waals surface area contributed by atoms with E-state index in [2.05, 4.69) is 29.0 Å². The zero-order chi connectivity index (χ0) is 15.0. The lowest BCUT2D eigenvalue weighted by Crippen LogP contribution is -2.31. The standard InChI is InChI=1S/C14H26N4O2/c1-12(2)11-18-8-6-16-13(14(18)19)15-5-7-17(3)9-10-20-4/h6,8,12H,5,7,9-11H2,1-4H3,(H,15,16). The number of likely N-dealkylation sites (N-methyl/N-ethyl adjacent to an activating group) is 1. The molecule has 0 atom stereocenters. The Morgan fingerprint density at radius 2 is 2.20 bits per heavy atom. The summed E-state index contributed by atoms with van der Waals surface area (Å²) < 4.78 is 6.72. The van der Waals surface area contributed by atoms with Crippen LogP contribution in [0.1, 0.15) is 13.8 Å². The molecule has 0 spiro atoms. The molecule has 0 aromatic carbocycles. The van der Waals surface area contributed by atoms with E-state index in [0.29, 0.717) is 31.4 Å². The number of aromatic nitrogens is 2. The number of ether oxygens (including phenoxy) is 1. The Bertz CT molecular complexity index is 445. The van der Waals surface area contributed by atoms with E-state index in [1.54, 1.807) is 24.1 Å². The molecular formula is C14H26N4O2. The molecule has 20 heavy (non-hydrogen) atoms. The second kappa shape index (κ2) is 8.71. The summed E-state index contributed by atoms with van der Waals surface area (Å²) in [6, 6.07) is 0. The summed E-state index contributed by atoms with van der Waals surface area (Å²) >= 11 is 0. The van der Waals surface area contributed by atoms with Crippen molar-refractivity contribution in [3.63, 3.8) is 0 Å². The molecule has 0 saturated carbocycles. The van der Waals surface area contributed by atoms with Crippen LogP contribution in [0.4, 0.5) is 5.82 Å². The van der Waals surface area contributed by atoms with Gasteiger partial charge in [0.15, 0.2) is 5.82 Å². The average Bonchev–Trinajstić information content (AvgIpc) is 2.40. The average molecular weight is 282 g/mol. The fourth-order valence-electron chi connectivity index (χ4n) is 1.83. The molecule has 6 nitrogen and oxygen atoms in total. The summed E-state index contributed by atoms with van der Waals surface area (Å²) in [5.74, 6) is 0.858. The van der Waals surface area contributed by atoms with Crippen LogP contribution >= 0.6 is 0 Å². The van der Waals surface area contributed by atoms with Gasteiger partial charge in [-0.3, -0.25) is 4.79 Å². The van der Waals surface area contributed by atoms with Crippen molar-refractivity contribution >= 4 is 5.82 Å². The maximum Gasteiger partial charge on any atom is 0.293 e. The van der Waals surface area contributed by atoms with Gasteiger partial charge in [-0.05, 0) is 13.0 Å². The number of nitrogens with one attached hydrogen (secondary N) is 1. The van der Waals surface area contributed by atoms with Gasteiger partial charge in [0.25, 0.3) is 5.56 Å². The van der Waals surface area contributed by atoms with Crippen LogP contribution in [0.15, 0.2) is 17.2 Å². The molecule has 0 saturated heterocycles. The van der Waals surface area contributed by atoms with E-state index in [-0.39, 0.29) is 5.56 Å².